The number of rotatable bonds is 7. The van der Waals surface area contributed by atoms with Gasteiger partial charge in [0.1, 0.15) is 5.69 Å². The van der Waals surface area contributed by atoms with Gasteiger partial charge in [-0.1, -0.05) is 23.4 Å². The lowest BCUT2D eigenvalue weighted by Gasteiger charge is -2.45. The van der Waals surface area contributed by atoms with Gasteiger partial charge in [0.2, 0.25) is 5.43 Å². The fourth-order valence-electron chi connectivity index (χ4n) is 5.70. The molecule has 0 radical (unpaired) electrons. The molecule has 1 aliphatic heterocycles. The van der Waals surface area contributed by atoms with Crippen molar-refractivity contribution in [2.45, 2.75) is 65.2 Å². The van der Waals surface area contributed by atoms with Crippen molar-refractivity contribution < 1.29 is 18.0 Å². The molecular formula is C32H36F3N7O2. The number of amides is 1. The highest BCUT2D eigenvalue weighted by Gasteiger charge is 2.40. The van der Waals surface area contributed by atoms with E-state index >= 15 is 0 Å². The Morgan fingerprint density at radius 2 is 1.77 bits per heavy atom. The van der Waals surface area contributed by atoms with E-state index in [4.69, 9.17) is 0 Å². The number of hydrogen-bond donors (Lipinski definition) is 0. The van der Waals surface area contributed by atoms with Crippen molar-refractivity contribution in [1.82, 2.24) is 29.7 Å². The number of hydrogen-bond acceptors (Lipinski definition) is 6. The molecule has 0 N–H and O–H groups in total. The van der Waals surface area contributed by atoms with E-state index in [-0.39, 0.29) is 24.0 Å². The lowest BCUT2D eigenvalue weighted by Crippen LogP contribution is -2.54. The first-order chi connectivity index (χ1) is 20.8. The standard InChI is InChI=1S/C32H36F3N7O2/c1-6-39(7-2)24-13-11-22(12-14-24)27-20-41(38-36-27)26-15-16-31(4,5)40(19-26)30(44)29-28(43)17-21(3)42(37-29)25-10-8-9-23(18-25)32(33,34)35/h8-14,17-18,20,26H,6-7,15-16,19H2,1-5H3. The van der Waals surface area contributed by atoms with Crippen molar-refractivity contribution in [2.24, 2.45) is 0 Å². The van der Waals surface area contributed by atoms with Crippen LogP contribution in [0.15, 0.2) is 65.6 Å². The van der Waals surface area contributed by atoms with E-state index < -0.39 is 28.6 Å². The highest BCUT2D eigenvalue weighted by Crippen LogP contribution is 2.34. The summed E-state index contributed by atoms with van der Waals surface area (Å²) in [6.07, 6.45) is -1.33. The quantitative estimate of drug-likeness (QED) is 0.259. The summed E-state index contributed by atoms with van der Waals surface area (Å²) in [5.41, 5.74) is 0.778. The number of aromatic nitrogens is 5. The van der Waals surface area contributed by atoms with Crippen molar-refractivity contribution >= 4 is 11.6 Å². The Balaban J connectivity index is 1.41. The number of anilines is 1. The van der Waals surface area contributed by atoms with Gasteiger partial charge >= 0.3 is 6.18 Å². The SMILES string of the molecule is CCN(CC)c1ccc(-c2cn(C3CCC(C)(C)N(C(=O)c4nn(-c5cccc(C(F)(F)F)c5)c(C)cc4=O)C3)nn2)cc1. The van der Waals surface area contributed by atoms with Gasteiger partial charge in [-0.3, -0.25) is 9.59 Å². The summed E-state index contributed by atoms with van der Waals surface area (Å²) in [5.74, 6) is -0.585. The minimum Gasteiger partial charge on any atom is -0.372 e. The zero-order chi connectivity index (χ0) is 31.8. The molecule has 5 rings (SSSR count). The monoisotopic (exact) mass is 607 g/mol. The predicted molar refractivity (Wildman–Crippen MR) is 162 cm³/mol. The first kappa shape index (κ1) is 31.0. The van der Waals surface area contributed by atoms with Crippen LogP contribution in [0.2, 0.25) is 0 Å². The molecule has 1 amide bonds. The van der Waals surface area contributed by atoms with E-state index in [9.17, 15) is 22.8 Å². The van der Waals surface area contributed by atoms with Crippen LogP contribution in [0.5, 0.6) is 0 Å². The third-order valence-electron chi connectivity index (χ3n) is 8.36. The molecule has 12 heteroatoms. The second-order valence-electron chi connectivity index (χ2n) is 11.7. The predicted octanol–water partition coefficient (Wildman–Crippen LogP) is 5.92. The molecule has 232 valence electrons. The Morgan fingerprint density at radius 3 is 2.43 bits per heavy atom. The fourth-order valence-corrected chi connectivity index (χ4v) is 5.70. The van der Waals surface area contributed by atoms with Gasteiger partial charge in [-0.05, 0) is 77.8 Å². The summed E-state index contributed by atoms with van der Waals surface area (Å²) in [7, 11) is 0. The van der Waals surface area contributed by atoms with Gasteiger partial charge in [0, 0.05) is 48.2 Å². The normalized spacial score (nSPS) is 16.6. The molecule has 0 spiro atoms. The molecule has 9 nitrogen and oxygen atoms in total. The summed E-state index contributed by atoms with van der Waals surface area (Å²) < 4.78 is 43.1. The van der Waals surface area contributed by atoms with Crippen LogP contribution in [-0.2, 0) is 6.18 Å². The van der Waals surface area contributed by atoms with E-state index in [1.807, 2.05) is 32.2 Å². The third kappa shape index (κ3) is 6.11. The van der Waals surface area contributed by atoms with Gasteiger partial charge in [0.15, 0.2) is 5.69 Å². The molecule has 2 aromatic carbocycles. The van der Waals surface area contributed by atoms with Crippen LogP contribution in [-0.4, -0.2) is 60.8 Å². The number of carbonyl (C=O) groups is 1. The molecule has 1 fully saturated rings. The Kier molecular flexibility index (Phi) is 8.37. The molecule has 1 saturated heterocycles. The Bertz CT molecular complexity index is 1710. The van der Waals surface area contributed by atoms with Crippen LogP contribution >= 0.6 is 0 Å². The number of nitrogens with zero attached hydrogens (tertiary/aromatic N) is 7. The summed E-state index contributed by atoms with van der Waals surface area (Å²) >= 11 is 0. The van der Waals surface area contributed by atoms with Crippen LogP contribution in [0.25, 0.3) is 16.9 Å². The number of aryl methyl sites for hydroxylation is 1. The topological polar surface area (TPSA) is 89.2 Å². The maximum Gasteiger partial charge on any atom is 0.416 e. The molecule has 0 saturated carbocycles. The van der Waals surface area contributed by atoms with E-state index in [0.29, 0.717) is 17.8 Å². The second kappa shape index (κ2) is 11.9. The van der Waals surface area contributed by atoms with E-state index in [0.717, 1.165) is 42.9 Å². The van der Waals surface area contributed by atoms with Crippen molar-refractivity contribution in [3.63, 3.8) is 0 Å². The molecule has 1 unspecified atom stereocenters. The van der Waals surface area contributed by atoms with E-state index in [1.54, 1.807) is 16.5 Å². The average Bonchev–Trinajstić information content (AvgIpc) is 3.48. The van der Waals surface area contributed by atoms with Crippen LogP contribution in [0.3, 0.4) is 0 Å². The van der Waals surface area contributed by atoms with E-state index in [1.165, 1.54) is 22.9 Å². The van der Waals surface area contributed by atoms with Crippen LogP contribution in [0.1, 0.15) is 68.3 Å². The number of carbonyl (C=O) groups excluding carboxylic acids is 1. The number of halogens is 3. The molecule has 3 heterocycles. The molecular weight excluding hydrogens is 571 g/mol. The molecule has 0 bridgehead atoms. The van der Waals surface area contributed by atoms with Crippen molar-refractivity contribution in [2.75, 3.05) is 24.5 Å². The smallest absolute Gasteiger partial charge is 0.372 e. The van der Waals surface area contributed by atoms with Crippen molar-refractivity contribution in [3.05, 3.63) is 88.0 Å². The zero-order valence-electron chi connectivity index (χ0n) is 25.5. The number of piperidine rings is 1. The Hall–Kier alpha value is -4.48. The summed E-state index contributed by atoms with van der Waals surface area (Å²) in [6.45, 7) is 11.7. The molecule has 4 aromatic rings. The summed E-state index contributed by atoms with van der Waals surface area (Å²) in [4.78, 5) is 30.8. The lowest BCUT2D eigenvalue weighted by molar-refractivity contribution is -0.137. The average molecular weight is 608 g/mol. The number of likely N-dealkylation sites (tertiary alicyclic amines) is 1. The minimum absolute atomic E-state index is 0.0995. The van der Waals surface area contributed by atoms with Crippen LogP contribution in [0.4, 0.5) is 18.9 Å². The van der Waals surface area contributed by atoms with Crippen LogP contribution in [0, 0.1) is 6.92 Å². The molecule has 44 heavy (non-hydrogen) atoms. The van der Waals surface area contributed by atoms with Gasteiger partial charge in [-0.25, -0.2) is 9.36 Å². The Morgan fingerprint density at radius 1 is 1.07 bits per heavy atom. The van der Waals surface area contributed by atoms with E-state index in [2.05, 4.69) is 46.3 Å². The highest BCUT2D eigenvalue weighted by atomic mass is 19.4. The molecule has 0 aliphatic carbocycles. The fraction of sp³-hybridized carbons (Fsp3) is 0.406. The first-order valence-electron chi connectivity index (χ1n) is 14.7. The molecule has 1 aliphatic rings. The summed E-state index contributed by atoms with van der Waals surface area (Å²) in [6, 6.07) is 13.8. The maximum atomic E-state index is 13.9. The second-order valence-corrected chi connectivity index (χ2v) is 11.7. The minimum atomic E-state index is -4.55. The number of alkyl halides is 3. The molecule has 1 atom stereocenters. The van der Waals surface area contributed by atoms with Crippen LogP contribution < -0.4 is 10.3 Å². The van der Waals surface area contributed by atoms with Gasteiger partial charge < -0.3 is 9.80 Å². The van der Waals surface area contributed by atoms with Crippen molar-refractivity contribution in [1.29, 1.82) is 0 Å². The molecule has 2 aromatic heterocycles. The zero-order valence-corrected chi connectivity index (χ0v) is 25.5. The lowest BCUT2D eigenvalue weighted by atomic mass is 9.87. The van der Waals surface area contributed by atoms with Gasteiger partial charge in [0.05, 0.1) is 23.5 Å². The summed E-state index contributed by atoms with van der Waals surface area (Å²) in [5, 5.41) is 13.0. The Labute approximate surface area is 253 Å². The van der Waals surface area contributed by atoms with Gasteiger partial charge in [-0.15, -0.1) is 5.10 Å². The highest BCUT2D eigenvalue weighted by molar-refractivity contribution is 5.92. The number of benzene rings is 2. The third-order valence-corrected chi connectivity index (χ3v) is 8.36. The largest absolute Gasteiger partial charge is 0.416 e. The maximum absolute atomic E-state index is 13.9. The van der Waals surface area contributed by atoms with Gasteiger partial charge in [0.25, 0.3) is 5.91 Å². The van der Waals surface area contributed by atoms with Gasteiger partial charge in [-0.2, -0.15) is 18.3 Å². The van der Waals surface area contributed by atoms with Crippen molar-refractivity contribution in [3.8, 4) is 16.9 Å². The first-order valence-corrected chi connectivity index (χ1v) is 14.7.